The molecule has 0 amide bonds. The number of aromatic nitrogens is 2. The number of hydrogen-bond donors (Lipinski definition) is 1. The quantitative estimate of drug-likeness (QED) is 0.799. The van der Waals surface area contributed by atoms with Gasteiger partial charge in [0, 0.05) is 0 Å². The molecule has 1 saturated heterocycles. The lowest BCUT2D eigenvalue weighted by atomic mass is 10.2. The number of aliphatic hydroxyl groups excluding tert-OH is 1. The van der Waals surface area contributed by atoms with Crippen molar-refractivity contribution < 1.29 is 9.63 Å². The van der Waals surface area contributed by atoms with Gasteiger partial charge >= 0.3 is 0 Å². The van der Waals surface area contributed by atoms with E-state index in [4.69, 9.17) is 4.52 Å². The first-order valence-electron chi connectivity index (χ1n) is 5.37. The third-order valence-electron chi connectivity index (χ3n) is 2.77. The van der Waals surface area contributed by atoms with E-state index in [2.05, 4.69) is 22.1 Å². The van der Waals surface area contributed by atoms with E-state index in [1.54, 1.807) is 6.92 Å². The van der Waals surface area contributed by atoms with Crippen LogP contribution in [0.5, 0.6) is 0 Å². The monoisotopic (exact) mass is 211 g/mol. The van der Waals surface area contributed by atoms with Gasteiger partial charge in [-0.3, -0.25) is 4.90 Å². The van der Waals surface area contributed by atoms with E-state index in [0.717, 1.165) is 18.8 Å². The van der Waals surface area contributed by atoms with Crippen LogP contribution in [0.15, 0.2) is 4.52 Å². The first-order chi connectivity index (χ1) is 7.16. The van der Waals surface area contributed by atoms with Gasteiger partial charge in [-0.25, -0.2) is 0 Å². The zero-order chi connectivity index (χ0) is 10.8. The minimum absolute atomic E-state index is 0.288. The number of likely N-dealkylation sites (tertiary alicyclic amines) is 1. The number of hydrogen-bond acceptors (Lipinski definition) is 5. The van der Waals surface area contributed by atoms with Gasteiger partial charge in [0.05, 0.1) is 18.6 Å². The summed E-state index contributed by atoms with van der Waals surface area (Å²) in [6.45, 7) is 2.80. The predicted molar refractivity (Wildman–Crippen MR) is 54.3 cm³/mol. The van der Waals surface area contributed by atoms with Crippen molar-refractivity contribution in [2.45, 2.75) is 38.3 Å². The van der Waals surface area contributed by atoms with Gasteiger partial charge in [-0.2, -0.15) is 4.98 Å². The number of aliphatic hydroxyl groups is 1. The van der Waals surface area contributed by atoms with Gasteiger partial charge in [0.15, 0.2) is 5.82 Å². The van der Waals surface area contributed by atoms with Crippen molar-refractivity contribution in [1.29, 1.82) is 0 Å². The number of nitrogens with zero attached hydrogens (tertiary/aromatic N) is 3. The van der Waals surface area contributed by atoms with Crippen LogP contribution in [0.25, 0.3) is 0 Å². The van der Waals surface area contributed by atoms with E-state index in [1.807, 2.05) is 0 Å². The number of rotatable bonds is 3. The standard InChI is InChI=1S/C10H17N3O2/c1-7(14)6-9-11-10(12-15-9)8-4-3-5-13(8)2/h7-8,14H,3-6H2,1-2H3. The molecule has 5 heteroatoms. The molecule has 84 valence electrons. The fourth-order valence-electron chi connectivity index (χ4n) is 1.98. The van der Waals surface area contributed by atoms with Crippen molar-refractivity contribution >= 4 is 0 Å². The molecule has 0 aliphatic carbocycles. The van der Waals surface area contributed by atoms with Gasteiger partial charge in [0.1, 0.15) is 0 Å². The van der Waals surface area contributed by atoms with Crippen LogP contribution < -0.4 is 0 Å². The third-order valence-corrected chi connectivity index (χ3v) is 2.77. The van der Waals surface area contributed by atoms with Crippen LogP contribution in [-0.2, 0) is 6.42 Å². The van der Waals surface area contributed by atoms with Crippen molar-refractivity contribution in [1.82, 2.24) is 15.0 Å². The smallest absolute Gasteiger partial charge is 0.229 e. The maximum absolute atomic E-state index is 9.19. The summed E-state index contributed by atoms with van der Waals surface area (Å²) in [4.78, 5) is 6.54. The van der Waals surface area contributed by atoms with Crippen molar-refractivity contribution in [2.24, 2.45) is 0 Å². The van der Waals surface area contributed by atoms with E-state index in [0.29, 0.717) is 12.3 Å². The van der Waals surface area contributed by atoms with Gasteiger partial charge in [-0.15, -0.1) is 0 Å². The summed E-state index contributed by atoms with van der Waals surface area (Å²) in [5, 5.41) is 13.2. The molecule has 2 heterocycles. The van der Waals surface area contributed by atoms with Crippen molar-refractivity contribution in [3.63, 3.8) is 0 Å². The Morgan fingerprint density at radius 1 is 1.67 bits per heavy atom. The van der Waals surface area contributed by atoms with Crippen LogP contribution in [0.1, 0.15) is 37.5 Å². The molecular formula is C10H17N3O2. The summed E-state index contributed by atoms with van der Waals surface area (Å²) < 4.78 is 5.09. The highest BCUT2D eigenvalue weighted by molar-refractivity contribution is 4.97. The molecule has 2 unspecified atom stereocenters. The maximum Gasteiger partial charge on any atom is 0.229 e. The first-order valence-corrected chi connectivity index (χ1v) is 5.37. The molecule has 1 N–H and O–H groups in total. The Balaban J connectivity index is 2.06. The van der Waals surface area contributed by atoms with Crippen LogP contribution in [0.4, 0.5) is 0 Å². The average Bonchev–Trinajstić information content (AvgIpc) is 2.72. The highest BCUT2D eigenvalue weighted by Crippen LogP contribution is 2.28. The van der Waals surface area contributed by atoms with Crippen molar-refractivity contribution in [3.05, 3.63) is 11.7 Å². The van der Waals surface area contributed by atoms with Crippen LogP contribution in [-0.4, -0.2) is 39.8 Å². The average molecular weight is 211 g/mol. The molecule has 2 rings (SSSR count). The molecule has 0 radical (unpaired) electrons. The normalized spacial score (nSPS) is 24.6. The molecule has 0 spiro atoms. The molecule has 1 aromatic rings. The van der Waals surface area contributed by atoms with Crippen molar-refractivity contribution in [2.75, 3.05) is 13.6 Å². The van der Waals surface area contributed by atoms with Gasteiger partial charge in [0.25, 0.3) is 0 Å². The van der Waals surface area contributed by atoms with Gasteiger partial charge in [-0.05, 0) is 33.4 Å². The summed E-state index contributed by atoms with van der Waals surface area (Å²) in [5.41, 5.74) is 0. The van der Waals surface area contributed by atoms with E-state index >= 15 is 0 Å². The van der Waals surface area contributed by atoms with Gasteiger partial charge < -0.3 is 9.63 Å². The molecule has 2 atom stereocenters. The molecule has 1 fully saturated rings. The summed E-state index contributed by atoms with van der Waals surface area (Å²) in [6.07, 6.45) is 2.27. The lowest BCUT2D eigenvalue weighted by Gasteiger charge is -2.14. The summed E-state index contributed by atoms with van der Waals surface area (Å²) >= 11 is 0. The van der Waals surface area contributed by atoms with Crippen LogP contribution >= 0.6 is 0 Å². The van der Waals surface area contributed by atoms with Gasteiger partial charge in [-0.1, -0.05) is 5.16 Å². The largest absolute Gasteiger partial charge is 0.393 e. The van der Waals surface area contributed by atoms with E-state index in [1.165, 1.54) is 6.42 Å². The molecule has 1 aromatic heterocycles. The fourth-order valence-corrected chi connectivity index (χ4v) is 1.98. The Morgan fingerprint density at radius 3 is 3.07 bits per heavy atom. The molecule has 0 bridgehead atoms. The maximum atomic E-state index is 9.19. The molecule has 0 aromatic carbocycles. The Morgan fingerprint density at radius 2 is 2.47 bits per heavy atom. The van der Waals surface area contributed by atoms with E-state index in [9.17, 15) is 5.11 Å². The third kappa shape index (κ3) is 2.35. The second-order valence-corrected chi connectivity index (χ2v) is 4.24. The highest BCUT2D eigenvalue weighted by atomic mass is 16.5. The molecule has 15 heavy (non-hydrogen) atoms. The Hall–Kier alpha value is -0.940. The van der Waals surface area contributed by atoms with Crippen molar-refractivity contribution in [3.8, 4) is 0 Å². The van der Waals surface area contributed by atoms with Crippen LogP contribution in [0.3, 0.4) is 0 Å². The Labute approximate surface area is 89.1 Å². The predicted octanol–water partition coefficient (Wildman–Crippen LogP) is 0.760. The lowest BCUT2D eigenvalue weighted by Crippen LogP contribution is -2.18. The molecule has 1 aliphatic rings. The first kappa shape index (κ1) is 10.6. The molecule has 1 aliphatic heterocycles. The zero-order valence-electron chi connectivity index (χ0n) is 9.18. The molecular weight excluding hydrogens is 194 g/mol. The summed E-state index contributed by atoms with van der Waals surface area (Å²) in [5.74, 6) is 1.28. The highest BCUT2D eigenvalue weighted by Gasteiger charge is 2.27. The molecule has 0 saturated carbocycles. The lowest BCUT2D eigenvalue weighted by molar-refractivity contribution is 0.181. The minimum Gasteiger partial charge on any atom is -0.393 e. The fraction of sp³-hybridized carbons (Fsp3) is 0.800. The minimum atomic E-state index is -0.431. The Kier molecular flexibility index (Phi) is 3.02. The second kappa shape index (κ2) is 4.28. The van der Waals surface area contributed by atoms with Gasteiger partial charge in [0.2, 0.25) is 5.89 Å². The Bertz CT molecular complexity index is 324. The molecule has 5 nitrogen and oxygen atoms in total. The van der Waals surface area contributed by atoms with E-state index in [-0.39, 0.29) is 6.04 Å². The van der Waals surface area contributed by atoms with E-state index < -0.39 is 6.10 Å². The second-order valence-electron chi connectivity index (χ2n) is 4.24. The van der Waals surface area contributed by atoms with Crippen LogP contribution in [0.2, 0.25) is 0 Å². The summed E-state index contributed by atoms with van der Waals surface area (Å²) in [7, 11) is 2.07. The topological polar surface area (TPSA) is 62.4 Å². The summed E-state index contributed by atoms with van der Waals surface area (Å²) in [6, 6.07) is 0.288. The zero-order valence-corrected chi connectivity index (χ0v) is 9.18. The van der Waals surface area contributed by atoms with Crippen LogP contribution in [0, 0.1) is 0 Å². The SMILES string of the molecule is CC(O)Cc1nc(C2CCCN2C)no1.